The topological polar surface area (TPSA) is 86.1 Å². The van der Waals surface area contributed by atoms with Gasteiger partial charge in [-0.15, -0.1) is 0 Å². The summed E-state index contributed by atoms with van der Waals surface area (Å²) in [6.45, 7) is 5.08. The number of fused-ring (bicyclic) bond motifs is 1. The maximum Gasteiger partial charge on any atom is 0.331 e. The minimum absolute atomic E-state index is 0.229. The summed E-state index contributed by atoms with van der Waals surface area (Å²) in [5.41, 5.74) is 2.95. The molecule has 0 spiro atoms. The summed E-state index contributed by atoms with van der Waals surface area (Å²) in [5, 5.41) is 10.3. The van der Waals surface area contributed by atoms with Crippen LogP contribution in [0.25, 0.3) is 11.4 Å². The molecule has 2 aliphatic heterocycles. The molecule has 1 aromatic heterocycles. The van der Waals surface area contributed by atoms with E-state index < -0.39 is 12.1 Å². The number of aromatic nitrogens is 2. The summed E-state index contributed by atoms with van der Waals surface area (Å²) in [5.74, 6) is 0.786. The van der Waals surface area contributed by atoms with Crippen molar-refractivity contribution in [1.82, 2.24) is 24.4 Å². The number of benzene rings is 2. The number of hydrogen-bond acceptors (Lipinski definition) is 6. The lowest BCUT2D eigenvalue weighted by Gasteiger charge is -2.38. The molecule has 3 heterocycles. The first kappa shape index (κ1) is 23.6. The van der Waals surface area contributed by atoms with Crippen LogP contribution in [0, 0.1) is 11.8 Å². The number of amides is 3. The monoisotopic (exact) mass is 485 g/mol. The van der Waals surface area contributed by atoms with Gasteiger partial charge in [0, 0.05) is 44.3 Å². The second-order valence-corrected chi connectivity index (χ2v) is 9.73. The van der Waals surface area contributed by atoms with E-state index in [-0.39, 0.29) is 17.9 Å². The molecule has 2 aromatic carbocycles. The van der Waals surface area contributed by atoms with Gasteiger partial charge in [0.05, 0.1) is 6.54 Å². The van der Waals surface area contributed by atoms with E-state index in [1.807, 2.05) is 65.3 Å². The van der Waals surface area contributed by atoms with Crippen molar-refractivity contribution in [3.05, 3.63) is 72.6 Å². The van der Waals surface area contributed by atoms with Crippen LogP contribution in [-0.4, -0.2) is 61.9 Å². The van der Waals surface area contributed by atoms with Crippen molar-refractivity contribution in [1.29, 1.82) is 0 Å². The summed E-state index contributed by atoms with van der Waals surface area (Å²) in [6.07, 6.45) is 3.27. The van der Waals surface area contributed by atoms with Gasteiger partial charge in [-0.2, -0.15) is 5.10 Å². The summed E-state index contributed by atoms with van der Waals surface area (Å²) in [4.78, 5) is 33.7. The number of carbonyl (C=O) groups is 2. The predicted molar refractivity (Wildman–Crippen MR) is 139 cm³/mol. The van der Waals surface area contributed by atoms with Gasteiger partial charge in [0.1, 0.15) is 23.7 Å². The van der Waals surface area contributed by atoms with Gasteiger partial charge in [0.25, 0.3) is 0 Å². The minimum atomic E-state index is -0.599. The Balaban J connectivity index is 1.48. The fourth-order valence-corrected chi connectivity index (χ4v) is 4.74. The molecule has 1 saturated heterocycles. The highest BCUT2D eigenvalue weighted by molar-refractivity contribution is 6.18. The third-order valence-corrected chi connectivity index (χ3v) is 6.55. The molecule has 1 fully saturated rings. The van der Waals surface area contributed by atoms with E-state index in [4.69, 9.17) is 5.10 Å². The molecule has 5 rings (SSSR count). The van der Waals surface area contributed by atoms with Crippen molar-refractivity contribution in [2.45, 2.75) is 26.6 Å². The fraction of sp³-hybridized carbons (Fsp3) is 0.333. The Bertz CT molecular complexity index is 1280. The lowest BCUT2D eigenvalue weighted by Crippen LogP contribution is -2.61. The highest BCUT2D eigenvalue weighted by atomic mass is 16.2. The molecule has 1 N–H and O–H groups in total. The number of hydrogen-bond donors (Lipinski definition) is 1. The van der Waals surface area contributed by atoms with Crippen LogP contribution in [0.1, 0.15) is 19.4 Å². The molecule has 2 aliphatic rings. The quantitative estimate of drug-likeness (QED) is 0.550. The highest BCUT2D eigenvalue weighted by Gasteiger charge is 2.52. The third kappa shape index (κ3) is 4.32. The Morgan fingerprint density at radius 3 is 2.36 bits per heavy atom. The van der Waals surface area contributed by atoms with Gasteiger partial charge in [-0.25, -0.2) is 9.78 Å². The Kier molecular flexibility index (Phi) is 6.22. The van der Waals surface area contributed by atoms with Gasteiger partial charge in [0.2, 0.25) is 5.91 Å². The number of amidine groups is 1. The number of anilines is 1. The Hall–Kier alpha value is -4.14. The summed E-state index contributed by atoms with van der Waals surface area (Å²) in [6, 6.07) is 17.6. The Morgan fingerprint density at radius 2 is 1.72 bits per heavy atom. The lowest BCUT2D eigenvalue weighted by molar-refractivity contribution is -0.131. The van der Waals surface area contributed by atoms with Crippen LogP contribution in [0.4, 0.5) is 10.5 Å². The SMILES string of the molecule is CC(C)CN1C(=O)N(C)C(=O)C2C1=NN(Cc1ccc(-c3nccn3C)cc1)C2Nc1ccccc1. The van der Waals surface area contributed by atoms with E-state index in [2.05, 4.69) is 36.3 Å². The van der Waals surface area contributed by atoms with Gasteiger partial charge in [0.15, 0.2) is 0 Å². The van der Waals surface area contributed by atoms with Gasteiger partial charge < -0.3 is 9.88 Å². The van der Waals surface area contributed by atoms with E-state index >= 15 is 0 Å². The Labute approximate surface area is 211 Å². The molecule has 9 nitrogen and oxygen atoms in total. The summed E-state index contributed by atoms with van der Waals surface area (Å²) < 4.78 is 1.98. The lowest BCUT2D eigenvalue weighted by atomic mass is 9.98. The van der Waals surface area contributed by atoms with E-state index in [0.29, 0.717) is 18.9 Å². The third-order valence-electron chi connectivity index (χ3n) is 6.55. The van der Waals surface area contributed by atoms with Crippen molar-refractivity contribution in [3.63, 3.8) is 0 Å². The molecule has 2 atom stereocenters. The standard InChI is InChI=1S/C27H31N7O2/c1-18(2)16-33-25-22(26(35)32(4)27(33)36)24(29-21-8-6-5-7-9-21)34(30-25)17-19-10-12-20(13-11-19)23-28-14-15-31(23)3/h5-15,18,22,24,29H,16-17H2,1-4H3. The number of nitrogens with one attached hydrogen (secondary N) is 1. The zero-order valence-corrected chi connectivity index (χ0v) is 21.0. The smallest absolute Gasteiger partial charge is 0.331 e. The number of nitrogens with zero attached hydrogens (tertiary/aromatic N) is 6. The molecular weight excluding hydrogens is 454 g/mol. The van der Waals surface area contributed by atoms with E-state index in [1.54, 1.807) is 18.1 Å². The second-order valence-electron chi connectivity index (χ2n) is 9.73. The second kappa shape index (κ2) is 9.49. The van der Waals surface area contributed by atoms with Crippen LogP contribution in [0.3, 0.4) is 0 Å². The fourth-order valence-electron chi connectivity index (χ4n) is 4.74. The molecular formula is C27H31N7O2. The molecule has 36 heavy (non-hydrogen) atoms. The zero-order chi connectivity index (χ0) is 25.4. The van der Waals surface area contributed by atoms with Gasteiger partial charge in [-0.05, 0) is 23.6 Å². The van der Waals surface area contributed by atoms with Gasteiger partial charge in [-0.3, -0.25) is 19.6 Å². The molecule has 2 unspecified atom stereocenters. The molecule has 0 bridgehead atoms. The van der Waals surface area contributed by atoms with Crippen LogP contribution < -0.4 is 5.32 Å². The van der Waals surface area contributed by atoms with E-state index in [0.717, 1.165) is 22.6 Å². The highest BCUT2D eigenvalue weighted by Crippen LogP contribution is 2.33. The van der Waals surface area contributed by atoms with Crippen LogP contribution >= 0.6 is 0 Å². The normalized spacial score (nSPS) is 19.7. The molecule has 3 amide bonds. The summed E-state index contributed by atoms with van der Waals surface area (Å²) in [7, 11) is 3.52. The zero-order valence-electron chi connectivity index (χ0n) is 21.0. The van der Waals surface area contributed by atoms with Crippen molar-refractivity contribution in [3.8, 4) is 11.4 Å². The van der Waals surface area contributed by atoms with Crippen molar-refractivity contribution in [2.75, 3.05) is 18.9 Å². The van der Waals surface area contributed by atoms with Crippen molar-refractivity contribution in [2.24, 2.45) is 24.0 Å². The number of imidazole rings is 1. The molecule has 3 aromatic rings. The largest absolute Gasteiger partial charge is 0.363 e. The average molecular weight is 486 g/mol. The maximum absolute atomic E-state index is 13.4. The van der Waals surface area contributed by atoms with Gasteiger partial charge >= 0.3 is 6.03 Å². The Morgan fingerprint density at radius 1 is 1.00 bits per heavy atom. The maximum atomic E-state index is 13.4. The first-order valence-electron chi connectivity index (χ1n) is 12.2. The molecule has 0 aliphatic carbocycles. The van der Waals surface area contributed by atoms with Crippen LogP contribution in [-0.2, 0) is 18.4 Å². The average Bonchev–Trinajstić information content (AvgIpc) is 3.45. The molecule has 0 radical (unpaired) electrons. The van der Waals surface area contributed by atoms with Crippen molar-refractivity contribution >= 4 is 23.5 Å². The van der Waals surface area contributed by atoms with E-state index in [9.17, 15) is 9.59 Å². The first-order valence-corrected chi connectivity index (χ1v) is 12.2. The summed E-state index contributed by atoms with van der Waals surface area (Å²) >= 11 is 0. The van der Waals surface area contributed by atoms with E-state index in [1.165, 1.54) is 4.90 Å². The van der Waals surface area contributed by atoms with Crippen LogP contribution in [0.5, 0.6) is 0 Å². The van der Waals surface area contributed by atoms with Crippen LogP contribution in [0.2, 0.25) is 0 Å². The number of urea groups is 1. The number of imide groups is 1. The molecule has 0 saturated carbocycles. The first-order chi connectivity index (χ1) is 17.3. The number of carbonyl (C=O) groups excluding carboxylic acids is 2. The number of aryl methyl sites for hydroxylation is 1. The van der Waals surface area contributed by atoms with Crippen LogP contribution in [0.15, 0.2) is 72.1 Å². The predicted octanol–water partition coefficient (Wildman–Crippen LogP) is 3.82. The minimum Gasteiger partial charge on any atom is -0.363 e. The number of hydrazone groups is 1. The molecule has 186 valence electrons. The number of rotatable bonds is 7. The number of para-hydroxylation sites is 1. The molecule has 9 heteroatoms. The van der Waals surface area contributed by atoms with Crippen molar-refractivity contribution < 1.29 is 9.59 Å². The van der Waals surface area contributed by atoms with Gasteiger partial charge in [-0.1, -0.05) is 56.3 Å².